The molecule has 1 fully saturated rings. The number of halogens is 1. The smallest absolute Gasteiger partial charge is 0.223 e. The molecule has 0 bridgehead atoms. The molecule has 1 aromatic rings. The topological polar surface area (TPSA) is 37.4 Å². The minimum absolute atomic E-state index is 0.0609. The van der Waals surface area contributed by atoms with E-state index in [2.05, 4.69) is 0 Å². The fourth-order valence-electron chi connectivity index (χ4n) is 1.90. The third-order valence-electron chi connectivity index (χ3n) is 2.92. The van der Waals surface area contributed by atoms with Gasteiger partial charge in [0.2, 0.25) is 5.91 Å². The lowest BCUT2D eigenvalue weighted by Crippen LogP contribution is -2.28. The van der Waals surface area contributed by atoms with Gasteiger partial charge in [0.15, 0.2) is 5.78 Å². The van der Waals surface area contributed by atoms with Gasteiger partial charge in [-0.15, -0.1) is 0 Å². The van der Waals surface area contributed by atoms with Gasteiger partial charge in [-0.25, -0.2) is 0 Å². The van der Waals surface area contributed by atoms with Crippen molar-refractivity contribution in [3.05, 3.63) is 34.9 Å². The number of aryl methyl sites for hydroxylation is 1. The van der Waals surface area contributed by atoms with Crippen molar-refractivity contribution in [1.82, 2.24) is 4.90 Å². The number of hydrogen-bond donors (Lipinski definition) is 0. The summed E-state index contributed by atoms with van der Waals surface area (Å²) >= 11 is 5.78. The van der Waals surface area contributed by atoms with E-state index in [1.165, 1.54) is 0 Å². The quantitative estimate of drug-likeness (QED) is 0.825. The number of hydrogen-bond acceptors (Lipinski definition) is 2. The van der Waals surface area contributed by atoms with E-state index in [0.29, 0.717) is 37.4 Å². The zero-order valence-corrected chi connectivity index (χ0v) is 10.2. The van der Waals surface area contributed by atoms with E-state index in [-0.39, 0.29) is 11.7 Å². The summed E-state index contributed by atoms with van der Waals surface area (Å²) in [5, 5.41) is 0.699. The molecule has 0 saturated carbocycles. The van der Waals surface area contributed by atoms with Crippen LogP contribution in [0.1, 0.15) is 18.4 Å². The molecular weight excluding hydrogens is 238 g/mol. The molecule has 1 aliphatic rings. The maximum atomic E-state index is 11.8. The first-order valence-corrected chi connectivity index (χ1v) is 6.07. The van der Waals surface area contributed by atoms with Gasteiger partial charge in [0.1, 0.15) is 0 Å². The van der Waals surface area contributed by atoms with E-state index in [9.17, 15) is 9.59 Å². The van der Waals surface area contributed by atoms with E-state index in [4.69, 9.17) is 11.6 Å². The number of Topliss-reactive ketones (excluding diaryl/α,β-unsaturated/α-hetero) is 1. The standard InChI is InChI=1S/C13H14ClNO2/c14-11-4-1-10(2-5-11)3-6-13(17)15-8-7-12(16)9-15/h1-2,4-5H,3,6-9H2. The zero-order valence-electron chi connectivity index (χ0n) is 9.49. The monoisotopic (exact) mass is 251 g/mol. The molecule has 0 atom stereocenters. The summed E-state index contributed by atoms with van der Waals surface area (Å²) in [5.74, 6) is 0.218. The molecule has 2 rings (SSSR count). The maximum absolute atomic E-state index is 11.8. The molecule has 0 spiro atoms. The summed E-state index contributed by atoms with van der Waals surface area (Å²) in [6, 6.07) is 7.48. The predicted molar refractivity (Wildman–Crippen MR) is 66.0 cm³/mol. The second-order valence-corrected chi connectivity index (χ2v) is 4.67. The van der Waals surface area contributed by atoms with Crippen LogP contribution in [0.3, 0.4) is 0 Å². The van der Waals surface area contributed by atoms with Gasteiger partial charge < -0.3 is 4.90 Å². The van der Waals surface area contributed by atoms with Gasteiger partial charge in [-0.3, -0.25) is 9.59 Å². The van der Waals surface area contributed by atoms with Gasteiger partial charge in [-0.1, -0.05) is 23.7 Å². The van der Waals surface area contributed by atoms with Gasteiger partial charge in [0.05, 0.1) is 6.54 Å². The van der Waals surface area contributed by atoms with Crippen molar-refractivity contribution < 1.29 is 9.59 Å². The number of carbonyl (C=O) groups is 2. The molecular formula is C13H14ClNO2. The van der Waals surface area contributed by atoms with Crippen LogP contribution in [0.2, 0.25) is 5.02 Å². The fourth-order valence-corrected chi connectivity index (χ4v) is 2.03. The second-order valence-electron chi connectivity index (χ2n) is 4.23. The Kier molecular flexibility index (Phi) is 3.79. The molecule has 0 unspecified atom stereocenters. The molecule has 0 aromatic heterocycles. The number of nitrogens with zero attached hydrogens (tertiary/aromatic N) is 1. The van der Waals surface area contributed by atoms with Crippen molar-refractivity contribution in [1.29, 1.82) is 0 Å². The number of carbonyl (C=O) groups excluding carboxylic acids is 2. The first-order valence-electron chi connectivity index (χ1n) is 5.69. The normalized spacial score (nSPS) is 15.4. The second kappa shape index (κ2) is 5.32. The van der Waals surface area contributed by atoms with Gasteiger partial charge in [0, 0.05) is 24.4 Å². The van der Waals surface area contributed by atoms with Crippen molar-refractivity contribution in [2.45, 2.75) is 19.3 Å². The van der Waals surface area contributed by atoms with Crippen LogP contribution in [0.4, 0.5) is 0 Å². The lowest BCUT2D eigenvalue weighted by molar-refractivity contribution is -0.131. The van der Waals surface area contributed by atoms with Crippen LogP contribution in [0, 0.1) is 0 Å². The Hall–Kier alpha value is -1.35. The number of benzene rings is 1. The van der Waals surface area contributed by atoms with Crippen LogP contribution in [0.25, 0.3) is 0 Å². The average Bonchev–Trinajstić information content (AvgIpc) is 2.75. The van der Waals surface area contributed by atoms with Crippen LogP contribution in [0.15, 0.2) is 24.3 Å². The van der Waals surface area contributed by atoms with E-state index < -0.39 is 0 Å². The van der Waals surface area contributed by atoms with Crippen LogP contribution < -0.4 is 0 Å². The van der Waals surface area contributed by atoms with Crippen molar-refractivity contribution in [2.24, 2.45) is 0 Å². The summed E-state index contributed by atoms with van der Waals surface area (Å²) in [6.45, 7) is 0.873. The summed E-state index contributed by atoms with van der Waals surface area (Å²) in [7, 11) is 0. The lowest BCUT2D eigenvalue weighted by atomic mass is 10.1. The SMILES string of the molecule is O=C1CCN(C(=O)CCc2ccc(Cl)cc2)C1. The maximum Gasteiger partial charge on any atom is 0.223 e. The summed E-state index contributed by atoms with van der Waals surface area (Å²) < 4.78 is 0. The zero-order chi connectivity index (χ0) is 12.3. The lowest BCUT2D eigenvalue weighted by Gasteiger charge is -2.13. The molecule has 1 aliphatic heterocycles. The van der Waals surface area contributed by atoms with E-state index in [1.807, 2.05) is 24.3 Å². The highest BCUT2D eigenvalue weighted by atomic mass is 35.5. The first kappa shape index (κ1) is 12.1. The Balaban J connectivity index is 1.84. The number of ketones is 1. The molecule has 1 saturated heterocycles. The van der Waals surface area contributed by atoms with Crippen molar-refractivity contribution >= 4 is 23.3 Å². The molecule has 90 valence electrons. The molecule has 3 nitrogen and oxygen atoms in total. The Morgan fingerprint density at radius 2 is 2.00 bits per heavy atom. The molecule has 0 radical (unpaired) electrons. The van der Waals surface area contributed by atoms with Crippen LogP contribution in [-0.4, -0.2) is 29.7 Å². The van der Waals surface area contributed by atoms with Crippen LogP contribution in [0.5, 0.6) is 0 Å². The Labute approximate surface area is 105 Å². The number of amides is 1. The minimum atomic E-state index is 0.0609. The Morgan fingerprint density at radius 1 is 1.29 bits per heavy atom. The predicted octanol–water partition coefficient (Wildman–Crippen LogP) is 2.07. The molecule has 0 N–H and O–H groups in total. The largest absolute Gasteiger partial charge is 0.335 e. The highest BCUT2D eigenvalue weighted by Crippen LogP contribution is 2.12. The van der Waals surface area contributed by atoms with Gasteiger partial charge in [0.25, 0.3) is 0 Å². The van der Waals surface area contributed by atoms with Crippen LogP contribution >= 0.6 is 11.6 Å². The minimum Gasteiger partial charge on any atom is -0.335 e. The van der Waals surface area contributed by atoms with Gasteiger partial charge in [-0.2, -0.15) is 0 Å². The highest BCUT2D eigenvalue weighted by Gasteiger charge is 2.23. The molecule has 17 heavy (non-hydrogen) atoms. The number of rotatable bonds is 3. The molecule has 4 heteroatoms. The molecule has 1 aromatic carbocycles. The Morgan fingerprint density at radius 3 is 2.59 bits per heavy atom. The Bertz CT molecular complexity index is 428. The molecule has 1 amide bonds. The molecule has 1 heterocycles. The van der Waals surface area contributed by atoms with E-state index >= 15 is 0 Å². The van der Waals surface area contributed by atoms with Gasteiger partial charge >= 0.3 is 0 Å². The third kappa shape index (κ3) is 3.30. The summed E-state index contributed by atoms with van der Waals surface area (Å²) in [5.41, 5.74) is 1.09. The summed E-state index contributed by atoms with van der Waals surface area (Å²) in [4.78, 5) is 24.5. The van der Waals surface area contributed by atoms with E-state index in [1.54, 1.807) is 4.90 Å². The van der Waals surface area contributed by atoms with Crippen molar-refractivity contribution in [2.75, 3.05) is 13.1 Å². The van der Waals surface area contributed by atoms with Gasteiger partial charge in [-0.05, 0) is 24.1 Å². The van der Waals surface area contributed by atoms with Crippen molar-refractivity contribution in [3.63, 3.8) is 0 Å². The number of likely N-dealkylation sites (tertiary alicyclic amines) is 1. The third-order valence-corrected chi connectivity index (χ3v) is 3.17. The molecule has 0 aliphatic carbocycles. The fraction of sp³-hybridized carbons (Fsp3) is 0.385. The highest BCUT2D eigenvalue weighted by molar-refractivity contribution is 6.30. The van der Waals surface area contributed by atoms with E-state index in [0.717, 1.165) is 5.56 Å². The first-order chi connectivity index (χ1) is 8.15. The van der Waals surface area contributed by atoms with Crippen LogP contribution in [-0.2, 0) is 16.0 Å². The summed E-state index contributed by atoms with van der Waals surface area (Å²) in [6.07, 6.45) is 1.66. The average molecular weight is 252 g/mol. The van der Waals surface area contributed by atoms with Crippen molar-refractivity contribution in [3.8, 4) is 0 Å².